The first-order valence-electron chi connectivity index (χ1n) is 5.94. The average molecular weight is 214 g/mol. The van der Waals surface area contributed by atoms with E-state index >= 15 is 0 Å². The van der Waals surface area contributed by atoms with E-state index in [-0.39, 0.29) is 11.9 Å². The summed E-state index contributed by atoms with van der Waals surface area (Å²) in [6.07, 6.45) is 3.35. The van der Waals surface area contributed by atoms with Crippen LogP contribution >= 0.6 is 0 Å². The topological polar surface area (TPSA) is 56.5 Å². The maximum absolute atomic E-state index is 5.92. The predicted octanol–water partition coefficient (Wildman–Crippen LogP) is 0.466. The summed E-state index contributed by atoms with van der Waals surface area (Å²) in [6.45, 7) is 5.67. The average Bonchev–Trinajstić information content (AvgIpc) is 2.78. The zero-order valence-corrected chi connectivity index (χ0v) is 9.50. The van der Waals surface area contributed by atoms with Gasteiger partial charge in [0.15, 0.2) is 5.79 Å². The Balaban J connectivity index is 1.80. The number of nitrogens with two attached hydrogens (primary N) is 1. The van der Waals surface area contributed by atoms with Crippen molar-refractivity contribution in [3.8, 4) is 0 Å². The van der Waals surface area contributed by atoms with Gasteiger partial charge in [-0.25, -0.2) is 0 Å². The minimum atomic E-state index is -0.365. The molecule has 88 valence electrons. The van der Waals surface area contributed by atoms with E-state index in [0.29, 0.717) is 19.1 Å². The number of ether oxygens (including phenoxy) is 2. The predicted molar refractivity (Wildman–Crippen MR) is 58.5 cm³/mol. The monoisotopic (exact) mass is 214 g/mol. The van der Waals surface area contributed by atoms with Gasteiger partial charge in [0.2, 0.25) is 0 Å². The lowest BCUT2D eigenvalue weighted by Gasteiger charge is -2.26. The Bertz CT molecular complexity index is 207. The minimum absolute atomic E-state index is 0.203. The Kier molecular flexibility index (Phi) is 3.61. The summed E-state index contributed by atoms with van der Waals surface area (Å²) < 4.78 is 11.7. The van der Waals surface area contributed by atoms with Crippen LogP contribution in [-0.2, 0) is 9.47 Å². The minimum Gasteiger partial charge on any atom is -0.348 e. The van der Waals surface area contributed by atoms with Gasteiger partial charge in [-0.1, -0.05) is 0 Å². The summed E-state index contributed by atoms with van der Waals surface area (Å²) in [5, 5.41) is 3.37. The molecule has 2 aliphatic rings. The molecule has 3 N–H and O–H groups in total. The van der Waals surface area contributed by atoms with Crippen LogP contribution in [0.4, 0.5) is 0 Å². The van der Waals surface area contributed by atoms with Gasteiger partial charge in [0, 0.05) is 6.42 Å². The maximum Gasteiger partial charge on any atom is 0.166 e. The molecular formula is C11H22N2O2. The lowest BCUT2D eigenvalue weighted by Crippen LogP contribution is -2.31. The third-order valence-electron chi connectivity index (χ3n) is 3.30. The molecule has 3 atom stereocenters. The summed E-state index contributed by atoms with van der Waals surface area (Å²) in [4.78, 5) is 0. The van der Waals surface area contributed by atoms with Gasteiger partial charge >= 0.3 is 0 Å². The Hall–Kier alpha value is -0.160. The van der Waals surface area contributed by atoms with Crippen LogP contribution in [0.15, 0.2) is 0 Å². The molecule has 0 spiro atoms. The zero-order chi connectivity index (χ0) is 10.7. The molecule has 4 heteroatoms. The maximum atomic E-state index is 5.92. The number of hydrogen-bond donors (Lipinski definition) is 2. The van der Waals surface area contributed by atoms with Crippen molar-refractivity contribution in [2.45, 2.75) is 38.1 Å². The van der Waals surface area contributed by atoms with Crippen molar-refractivity contribution in [1.82, 2.24) is 5.32 Å². The summed E-state index contributed by atoms with van der Waals surface area (Å²) in [5.41, 5.74) is 5.51. The molecule has 4 nitrogen and oxygen atoms in total. The molecule has 0 aromatic carbocycles. The zero-order valence-electron chi connectivity index (χ0n) is 9.50. The smallest absolute Gasteiger partial charge is 0.166 e. The van der Waals surface area contributed by atoms with Crippen LogP contribution in [0.2, 0.25) is 0 Å². The van der Waals surface area contributed by atoms with Crippen LogP contribution < -0.4 is 11.1 Å². The first-order valence-corrected chi connectivity index (χ1v) is 5.94. The second kappa shape index (κ2) is 4.78. The number of nitrogens with one attached hydrogen (secondary N) is 1. The Morgan fingerprint density at radius 3 is 3.07 bits per heavy atom. The lowest BCUT2D eigenvalue weighted by atomic mass is 9.99. The van der Waals surface area contributed by atoms with Gasteiger partial charge in [-0.2, -0.15) is 0 Å². The molecule has 0 radical (unpaired) electrons. The molecule has 2 rings (SSSR count). The summed E-state index contributed by atoms with van der Waals surface area (Å²) in [6, 6.07) is 0. The molecule has 0 saturated carbocycles. The van der Waals surface area contributed by atoms with Gasteiger partial charge in [-0.15, -0.1) is 0 Å². The molecule has 3 unspecified atom stereocenters. The molecule has 2 fully saturated rings. The molecule has 0 aliphatic carbocycles. The second-order valence-corrected chi connectivity index (χ2v) is 4.82. The fourth-order valence-corrected chi connectivity index (χ4v) is 2.54. The van der Waals surface area contributed by atoms with Gasteiger partial charge in [-0.05, 0) is 45.3 Å². The highest BCUT2D eigenvalue weighted by Crippen LogP contribution is 2.32. The van der Waals surface area contributed by atoms with E-state index in [1.165, 1.54) is 6.42 Å². The highest BCUT2D eigenvalue weighted by Gasteiger charge is 2.39. The van der Waals surface area contributed by atoms with Crippen molar-refractivity contribution in [2.75, 3.05) is 26.2 Å². The van der Waals surface area contributed by atoms with Gasteiger partial charge in [0.1, 0.15) is 0 Å². The Morgan fingerprint density at radius 1 is 1.53 bits per heavy atom. The Labute approximate surface area is 91.5 Å². The lowest BCUT2D eigenvalue weighted by molar-refractivity contribution is -0.165. The SMILES string of the molecule is CC1(CC2CCNC2)OCC(CCN)O1. The molecule has 0 bridgehead atoms. The van der Waals surface area contributed by atoms with E-state index in [0.717, 1.165) is 25.9 Å². The number of rotatable bonds is 4. The third-order valence-corrected chi connectivity index (χ3v) is 3.30. The first kappa shape index (κ1) is 11.3. The van der Waals surface area contributed by atoms with Crippen LogP contribution in [0.1, 0.15) is 26.2 Å². The van der Waals surface area contributed by atoms with Crippen molar-refractivity contribution in [1.29, 1.82) is 0 Å². The number of hydrogen-bond acceptors (Lipinski definition) is 4. The van der Waals surface area contributed by atoms with E-state index in [9.17, 15) is 0 Å². The summed E-state index contributed by atoms with van der Waals surface area (Å²) >= 11 is 0. The standard InChI is InChI=1S/C11H22N2O2/c1-11(6-9-3-5-13-7-9)14-8-10(15-11)2-4-12/h9-10,13H,2-8,12H2,1H3. The molecule has 2 aliphatic heterocycles. The van der Waals surface area contributed by atoms with Gasteiger partial charge in [-0.3, -0.25) is 0 Å². The molecule has 0 amide bonds. The fourth-order valence-electron chi connectivity index (χ4n) is 2.54. The van der Waals surface area contributed by atoms with E-state index in [1.807, 2.05) is 0 Å². The molecule has 2 saturated heterocycles. The third kappa shape index (κ3) is 2.91. The Morgan fingerprint density at radius 2 is 2.40 bits per heavy atom. The largest absolute Gasteiger partial charge is 0.348 e. The van der Waals surface area contributed by atoms with Crippen molar-refractivity contribution in [3.63, 3.8) is 0 Å². The highest BCUT2D eigenvalue weighted by molar-refractivity contribution is 4.81. The first-order chi connectivity index (χ1) is 7.22. The fraction of sp³-hybridized carbons (Fsp3) is 1.00. The van der Waals surface area contributed by atoms with Crippen LogP contribution in [0.5, 0.6) is 0 Å². The van der Waals surface area contributed by atoms with Crippen molar-refractivity contribution < 1.29 is 9.47 Å². The van der Waals surface area contributed by atoms with E-state index in [2.05, 4.69) is 12.2 Å². The van der Waals surface area contributed by atoms with Crippen LogP contribution in [0.3, 0.4) is 0 Å². The normalized spacial score (nSPS) is 41.2. The summed E-state index contributed by atoms with van der Waals surface area (Å²) in [5.74, 6) is 0.336. The van der Waals surface area contributed by atoms with E-state index in [1.54, 1.807) is 0 Å². The molecule has 15 heavy (non-hydrogen) atoms. The van der Waals surface area contributed by atoms with Crippen LogP contribution in [0, 0.1) is 5.92 Å². The van der Waals surface area contributed by atoms with E-state index < -0.39 is 0 Å². The van der Waals surface area contributed by atoms with E-state index in [4.69, 9.17) is 15.2 Å². The van der Waals surface area contributed by atoms with Crippen molar-refractivity contribution in [2.24, 2.45) is 11.7 Å². The highest BCUT2D eigenvalue weighted by atomic mass is 16.7. The quantitative estimate of drug-likeness (QED) is 0.714. The van der Waals surface area contributed by atoms with Crippen molar-refractivity contribution in [3.05, 3.63) is 0 Å². The van der Waals surface area contributed by atoms with Crippen LogP contribution in [-0.4, -0.2) is 38.1 Å². The molecule has 0 aromatic heterocycles. The molecular weight excluding hydrogens is 192 g/mol. The van der Waals surface area contributed by atoms with Crippen molar-refractivity contribution >= 4 is 0 Å². The molecule has 2 heterocycles. The van der Waals surface area contributed by atoms with Gasteiger partial charge in [0.05, 0.1) is 12.7 Å². The van der Waals surface area contributed by atoms with Crippen LogP contribution in [0.25, 0.3) is 0 Å². The van der Waals surface area contributed by atoms with Gasteiger partial charge in [0.25, 0.3) is 0 Å². The molecule has 0 aromatic rings. The summed E-state index contributed by atoms with van der Waals surface area (Å²) in [7, 11) is 0. The van der Waals surface area contributed by atoms with Gasteiger partial charge < -0.3 is 20.5 Å². The second-order valence-electron chi connectivity index (χ2n) is 4.82.